The van der Waals surface area contributed by atoms with Crippen molar-refractivity contribution in [3.63, 3.8) is 0 Å². The summed E-state index contributed by atoms with van der Waals surface area (Å²) >= 11 is 2.72. The van der Waals surface area contributed by atoms with Crippen LogP contribution in [0.1, 0.15) is 10.4 Å². The van der Waals surface area contributed by atoms with Crippen molar-refractivity contribution < 1.29 is 14.5 Å². The Bertz CT molecular complexity index is 1000. The number of benzene rings is 1. The number of nitrogens with one attached hydrogen (secondary N) is 2. The molecule has 144 valence electrons. The fraction of sp³-hybridized carbons (Fsp3) is 0.125. The van der Waals surface area contributed by atoms with Gasteiger partial charge in [0.15, 0.2) is 11.0 Å². The van der Waals surface area contributed by atoms with Gasteiger partial charge >= 0.3 is 0 Å². The lowest BCUT2D eigenvalue weighted by Crippen LogP contribution is -2.42. The molecule has 2 aromatic heterocycles. The summed E-state index contributed by atoms with van der Waals surface area (Å²) in [6.45, 7) is 0. The summed E-state index contributed by atoms with van der Waals surface area (Å²) in [5.41, 5.74) is 4.62. The zero-order valence-corrected chi connectivity index (χ0v) is 16.1. The predicted octanol–water partition coefficient (Wildman–Crippen LogP) is 2.01. The van der Waals surface area contributed by atoms with E-state index < -0.39 is 16.7 Å². The molecule has 0 aliphatic carbocycles. The van der Waals surface area contributed by atoms with Crippen LogP contribution in [0.25, 0.3) is 10.7 Å². The van der Waals surface area contributed by atoms with Crippen LogP contribution in [0.2, 0.25) is 0 Å². The lowest BCUT2D eigenvalue weighted by atomic mass is 10.2. The van der Waals surface area contributed by atoms with E-state index in [4.69, 9.17) is 0 Å². The Morgan fingerprint density at radius 3 is 2.61 bits per heavy atom. The number of nitro benzene ring substituents is 1. The number of aromatic nitrogens is 3. The van der Waals surface area contributed by atoms with E-state index in [1.165, 1.54) is 36.0 Å². The van der Waals surface area contributed by atoms with Gasteiger partial charge in [0.2, 0.25) is 5.91 Å². The minimum absolute atomic E-state index is 0.0248. The molecular formula is C16H14N6O4S2. The topological polar surface area (TPSA) is 132 Å². The van der Waals surface area contributed by atoms with Gasteiger partial charge in [0.25, 0.3) is 11.6 Å². The van der Waals surface area contributed by atoms with Gasteiger partial charge in [0.05, 0.1) is 15.6 Å². The van der Waals surface area contributed by atoms with E-state index >= 15 is 0 Å². The Labute approximate surface area is 167 Å². The summed E-state index contributed by atoms with van der Waals surface area (Å²) < 4.78 is 1.79. The molecule has 0 spiro atoms. The number of hydrogen-bond acceptors (Lipinski definition) is 8. The average molecular weight is 418 g/mol. The summed E-state index contributed by atoms with van der Waals surface area (Å²) in [5.74, 6) is -0.269. The molecule has 0 saturated heterocycles. The molecule has 2 heterocycles. The minimum atomic E-state index is -0.577. The minimum Gasteiger partial charge on any atom is -0.304 e. The van der Waals surface area contributed by atoms with E-state index in [9.17, 15) is 19.7 Å². The van der Waals surface area contributed by atoms with Gasteiger partial charge in [0, 0.05) is 24.7 Å². The third-order valence-electron chi connectivity index (χ3n) is 3.56. The molecule has 2 amide bonds. The van der Waals surface area contributed by atoms with Crippen LogP contribution in [0.5, 0.6) is 0 Å². The molecule has 3 aromatic rings. The number of thiophene rings is 1. The number of thioether (sulfide) groups is 1. The quantitative estimate of drug-likeness (QED) is 0.355. The summed E-state index contributed by atoms with van der Waals surface area (Å²) in [6, 6.07) is 8.89. The van der Waals surface area contributed by atoms with Crippen LogP contribution < -0.4 is 10.9 Å². The number of carbonyl (C=O) groups is 2. The van der Waals surface area contributed by atoms with Crippen LogP contribution in [0, 0.1) is 10.1 Å². The zero-order valence-electron chi connectivity index (χ0n) is 14.5. The highest BCUT2D eigenvalue weighted by atomic mass is 32.2. The average Bonchev–Trinajstić information content (AvgIpc) is 3.34. The molecule has 2 N–H and O–H groups in total. The van der Waals surface area contributed by atoms with Gasteiger partial charge in [-0.2, -0.15) is 0 Å². The second kappa shape index (κ2) is 8.63. The second-order valence-corrected chi connectivity index (χ2v) is 7.33. The first-order chi connectivity index (χ1) is 13.5. The molecule has 0 radical (unpaired) electrons. The van der Waals surface area contributed by atoms with E-state index in [0.717, 1.165) is 4.88 Å². The van der Waals surface area contributed by atoms with Crippen molar-refractivity contribution in [2.75, 3.05) is 5.75 Å². The molecule has 28 heavy (non-hydrogen) atoms. The number of nitrogens with zero attached hydrogens (tertiary/aromatic N) is 4. The summed E-state index contributed by atoms with van der Waals surface area (Å²) in [6.07, 6.45) is 0. The SMILES string of the molecule is Cn1c(SCC(=O)NNC(=O)c2ccc([N+](=O)[O-])cc2)nnc1-c1cccs1. The van der Waals surface area contributed by atoms with Gasteiger partial charge in [-0.25, -0.2) is 0 Å². The largest absolute Gasteiger partial charge is 0.304 e. The van der Waals surface area contributed by atoms with E-state index in [2.05, 4.69) is 21.0 Å². The van der Waals surface area contributed by atoms with Crippen LogP contribution in [0.3, 0.4) is 0 Å². The predicted molar refractivity (Wildman–Crippen MR) is 104 cm³/mol. The van der Waals surface area contributed by atoms with Crippen molar-refractivity contribution in [3.8, 4) is 10.7 Å². The van der Waals surface area contributed by atoms with E-state index in [1.54, 1.807) is 15.9 Å². The molecule has 0 unspecified atom stereocenters. The van der Waals surface area contributed by atoms with Crippen LogP contribution in [-0.4, -0.2) is 37.3 Å². The standard InChI is InChI=1S/C16H14N6O4S2/c1-21-14(12-3-2-8-27-12)18-20-16(21)28-9-13(23)17-19-15(24)10-4-6-11(7-5-10)22(25)26/h2-8H,9H2,1H3,(H,17,23)(H,19,24). The van der Waals surface area contributed by atoms with E-state index in [1.807, 2.05) is 24.6 Å². The lowest BCUT2D eigenvalue weighted by molar-refractivity contribution is -0.384. The van der Waals surface area contributed by atoms with Crippen LogP contribution in [-0.2, 0) is 11.8 Å². The number of hydrogen-bond donors (Lipinski definition) is 2. The summed E-state index contributed by atoms with van der Waals surface area (Å²) in [4.78, 5) is 34.9. The Hall–Kier alpha value is -3.25. The number of rotatable bonds is 6. The van der Waals surface area contributed by atoms with Gasteiger partial charge in [-0.15, -0.1) is 21.5 Å². The highest BCUT2D eigenvalue weighted by molar-refractivity contribution is 7.99. The van der Waals surface area contributed by atoms with E-state index in [0.29, 0.717) is 11.0 Å². The maximum Gasteiger partial charge on any atom is 0.269 e. The molecule has 0 aliphatic rings. The lowest BCUT2D eigenvalue weighted by Gasteiger charge is -2.07. The third kappa shape index (κ3) is 4.53. The smallest absolute Gasteiger partial charge is 0.269 e. The third-order valence-corrected chi connectivity index (χ3v) is 5.45. The molecule has 3 rings (SSSR count). The van der Waals surface area contributed by atoms with Crippen molar-refractivity contribution in [2.45, 2.75) is 5.16 Å². The molecule has 0 aliphatic heterocycles. The first kappa shape index (κ1) is 19.5. The zero-order chi connectivity index (χ0) is 20.1. The molecule has 0 atom stereocenters. The van der Waals surface area contributed by atoms with Crippen molar-refractivity contribution in [2.24, 2.45) is 7.05 Å². The van der Waals surface area contributed by atoms with Crippen LogP contribution in [0.15, 0.2) is 46.9 Å². The first-order valence-electron chi connectivity index (χ1n) is 7.85. The van der Waals surface area contributed by atoms with Crippen molar-refractivity contribution in [3.05, 3.63) is 57.5 Å². The fourth-order valence-electron chi connectivity index (χ4n) is 2.16. The Kier molecular flexibility index (Phi) is 6.01. The van der Waals surface area contributed by atoms with Crippen molar-refractivity contribution in [1.82, 2.24) is 25.6 Å². The highest BCUT2D eigenvalue weighted by Crippen LogP contribution is 2.25. The number of amides is 2. The first-order valence-corrected chi connectivity index (χ1v) is 9.72. The fourth-order valence-corrected chi connectivity index (χ4v) is 3.62. The maximum absolute atomic E-state index is 12.0. The molecular weight excluding hydrogens is 404 g/mol. The van der Waals surface area contributed by atoms with Gasteiger partial charge < -0.3 is 4.57 Å². The number of carbonyl (C=O) groups excluding carboxylic acids is 2. The second-order valence-electron chi connectivity index (χ2n) is 5.44. The Morgan fingerprint density at radius 2 is 1.96 bits per heavy atom. The monoisotopic (exact) mass is 418 g/mol. The van der Waals surface area contributed by atoms with E-state index in [-0.39, 0.29) is 17.0 Å². The van der Waals surface area contributed by atoms with Crippen LogP contribution in [0.4, 0.5) is 5.69 Å². The van der Waals surface area contributed by atoms with Gasteiger partial charge in [-0.05, 0) is 23.6 Å². The number of nitro groups is 1. The maximum atomic E-state index is 12.0. The molecule has 12 heteroatoms. The molecule has 0 bridgehead atoms. The summed E-state index contributed by atoms with van der Waals surface area (Å²) in [7, 11) is 1.81. The molecule has 10 nitrogen and oxygen atoms in total. The van der Waals surface area contributed by atoms with Crippen molar-refractivity contribution >= 4 is 40.6 Å². The highest BCUT2D eigenvalue weighted by Gasteiger charge is 2.14. The summed E-state index contributed by atoms with van der Waals surface area (Å²) in [5, 5.41) is 21.3. The molecule has 0 saturated carbocycles. The van der Waals surface area contributed by atoms with Gasteiger partial charge in [0.1, 0.15) is 0 Å². The Morgan fingerprint density at radius 1 is 1.21 bits per heavy atom. The van der Waals surface area contributed by atoms with Gasteiger partial charge in [-0.3, -0.25) is 30.6 Å². The van der Waals surface area contributed by atoms with Gasteiger partial charge in [-0.1, -0.05) is 17.8 Å². The molecule has 1 aromatic carbocycles. The van der Waals surface area contributed by atoms with Crippen LogP contribution >= 0.6 is 23.1 Å². The molecule has 0 fully saturated rings. The number of hydrazine groups is 1. The Balaban J connectivity index is 1.49. The number of non-ortho nitro benzene ring substituents is 1. The van der Waals surface area contributed by atoms with Crippen molar-refractivity contribution in [1.29, 1.82) is 0 Å². The normalized spacial score (nSPS) is 10.5.